The molecule has 1 N–H and O–H groups in total. The number of nitrogens with zero attached hydrogens (tertiary/aromatic N) is 3. The first kappa shape index (κ1) is 13.5. The summed E-state index contributed by atoms with van der Waals surface area (Å²) in [5.74, 6) is -2.71. The van der Waals surface area contributed by atoms with E-state index in [-0.39, 0.29) is 5.56 Å². The third-order valence-electron chi connectivity index (χ3n) is 1.73. The Kier molecular flexibility index (Phi) is 3.55. The van der Waals surface area contributed by atoms with E-state index in [9.17, 15) is 28.4 Å². The molecule has 0 aromatic carbocycles. The number of hydrogen-bond acceptors (Lipinski definition) is 6. The second-order valence-corrected chi connectivity index (χ2v) is 2.93. The van der Waals surface area contributed by atoms with Crippen LogP contribution >= 0.6 is 0 Å². The summed E-state index contributed by atoms with van der Waals surface area (Å²) in [5.41, 5.74) is -1.35. The average Bonchev–Trinajstić information content (AvgIpc) is 2.20. The van der Waals surface area contributed by atoms with E-state index in [1.54, 1.807) is 6.07 Å². The van der Waals surface area contributed by atoms with Crippen LogP contribution in [0.15, 0.2) is 6.20 Å². The van der Waals surface area contributed by atoms with Gasteiger partial charge in [-0.2, -0.15) is 5.26 Å². The van der Waals surface area contributed by atoms with Gasteiger partial charge in [-0.15, -0.1) is 13.2 Å². The van der Waals surface area contributed by atoms with Crippen molar-refractivity contribution >= 4 is 5.69 Å². The molecule has 1 heterocycles. The second kappa shape index (κ2) is 4.74. The van der Waals surface area contributed by atoms with Gasteiger partial charge in [0, 0.05) is 6.20 Å². The number of nitro groups is 1. The van der Waals surface area contributed by atoms with E-state index < -0.39 is 35.0 Å². The Bertz CT molecular complexity index is 524. The molecule has 0 saturated heterocycles. The highest BCUT2D eigenvalue weighted by atomic mass is 19.4. The maximum atomic E-state index is 11.9. The molecule has 0 radical (unpaired) electrons. The molecule has 0 atom stereocenters. The van der Waals surface area contributed by atoms with Crippen LogP contribution in [0, 0.1) is 21.4 Å². The van der Waals surface area contributed by atoms with E-state index >= 15 is 0 Å². The highest BCUT2D eigenvalue weighted by Crippen LogP contribution is 2.38. The van der Waals surface area contributed by atoms with Gasteiger partial charge in [-0.3, -0.25) is 10.1 Å². The molecule has 0 saturated carbocycles. The molecule has 18 heavy (non-hydrogen) atoms. The van der Waals surface area contributed by atoms with Gasteiger partial charge >= 0.3 is 12.0 Å². The van der Waals surface area contributed by atoms with Gasteiger partial charge in [-0.05, 0) is 0 Å². The molecular formula is C8H4F3N3O4. The first-order valence-electron chi connectivity index (χ1n) is 4.24. The van der Waals surface area contributed by atoms with Gasteiger partial charge in [0.1, 0.15) is 0 Å². The summed E-state index contributed by atoms with van der Waals surface area (Å²) < 4.78 is 39.0. The lowest BCUT2D eigenvalue weighted by atomic mass is 10.2. The van der Waals surface area contributed by atoms with Crippen LogP contribution in [0.3, 0.4) is 0 Å². The summed E-state index contributed by atoms with van der Waals surface area (Å²) in [4.78, 5) is 12.6. The smallest absolute Gasteiger partial charge is 0.498 e. The maximum absolute atomic E-state index is 11.9. The van der Waals surface area contributed by atoms with Crippen LogP contribution in [0.5, 0.6) is 11.6 Å². The Balaban J connectivity index is 3.31. The van der Waals surface area contributed by atoms with E-state index in [1.165, 1.54) is 0 Å². The van der Waals surface area contributed by atoms with Crippen LogP contribution in [0.4, 0.5) is 18.9 Å². The zero-order chi connectivity index (χ0) is 13.9. The summed E-state index contributed by atoms with van der Waals surface area (Å²) in [6.45, 7) is 0. The highest BCUT2D eigenvalue weighted by molar-refractivity contribution is 5.56. The Morgan fingerprint density at radius 3 is 2.67 bits per heavy atom. The molecule has 0 fully saturated rings. The van der Waals surface area contributed by atoms with Crippen molar-refractivity contribution in [2.45, 2.75) is 12.8 Å². The van der Waals surface area contributed by atoms with Gasteiger partial charge < -0.3 is 9.84 Å². The number of halogens is 3. The molecule has 96 valence electrons. The minimum absolute atomic E-state index is 0.311. The molecule has 10 heteroatoms. The molecule has 1 rings (SSSR count). The monoisotopic (exact) mass is 263 g/mol. The maximum Gasteiger partial charge on any atom is 0.574 e. The summed E-state index contributed by atoms with van der Waals surface area (Å²) in [6, 6.07) is 1.56. The van der Waals surface area contributed by atoms with Crippen molar-refractivity contribution < 1.29 is 27.9 Å². The Hall–Kier alpha value is -2.57. The van der Waals surface area contributed by atoms with Crippen LogP contribution in [0.25, 0.3) is 0 Å². The summed E-state index contributed by atoms with van der Waals surface area (Å²) in [5, 5.41) is 28.3. The number of ether oxygens (including phenoxy) is 1. The van der Waals surface area contributed by atoms with Crippen molar-refractivity contribution in [2.75, 3.05) is 0 Å². The van der Waals surface area contributed by atoms with Crippen molar-refractivity contribution in [2.24, 2.45) is 0 Å². The predicted octanol–water partition coefficient (Wildman–Crippen LogP) is 1.66. The van der Waals surface area contributed by atoms with Crippen molar-refractivity contribution in [3.63, 3.8) is 0 Å². The lowest BCUT2D eigenvalue weighted by Gasteiger charge is -2.09. The number of aromatic hydroxyl groups is 1. The van der Waals surface area contributed by atoms with Crippen LogP contribution in [0.2, 0.25) is 0 Å². The molecule has 0 aliphatic rings. The first-order valence-corrected chi connectivity index (χ1v) is 4.24. The standard InChI is InChI=1S/C8H4F3N3O4/c9-8(10,11)18-7-6(15)5(14(16)17)4(1-2-12)3-13-7/h3,15H,1H2. The number of pyridine rings is 1. The highest BCUT2D eigenvalue weighted by Gasteiger charge is 2.36. The quantitative estimate of drug-likeness (QED) is 0.656. The number of alkyl halides is 3. The average molecular weight is 263 g/mol. The van der Waals surface area contributed by atoms with Crippen LogP contribution in [-0.2, 0) is 6.42 Å². The van der Waals surface area contributed by atoms with E-state index in [0.29, 0.717) is 6.20 Å². The zero-order valence-electron chi connectivity index (χ0n) is 8.43. The lowest BCUT2D eigenvalue weighted by molar-refractivity contribution is -0.386. The molecular weight excluding hydrogens is 259 g/mol. The molecule has 0 aliphatic heterocycles. The molecule has 0 aliphatic carbocycles. The van der Waals surface area contributed by atoms with Gasteiger partial charge in [0.05, 0.1) is 23.0 Å². The van der Waals surface area contributed by atoms with Crippen LogP contribution < -0.4 is 4.74 Å². The molecule has 7 nitrogen and oxygen atoms in total. The van der Waals surface area contributed by atoms with Crippen molar-refractivity contribution in [1.82, 2.24) is 4.98 Å². The van der Waals surface area contributed by atoms with Gasteiger partial charge in [0.15, 0.2) is 0 Å². The Morgan fingerprint density at radius 1 is 1.61 bits per heavy atom. The van der Waals surface area contributed by atoms with Crippen molar-refractivity contribution in [3.8, 4) is 17.7 Å². The molecule has 0 unspecified atom stereocenters. The fourth-order valence-electron chi connectivity index (χ4n) is 1.11. The molecule has 0 spiro atoms. The third-order valence-corrected chi connectivity index (χ3v) is 1.73. The van der Waals surface area contributed by atoms with Crippen LogP contribution in [0.1, 0.15) is 5.56 Å². The zero-order valence-corrected chi connectivity index (χ0v) is 8.43. The van der Waals surface area contributed by atoms with Gasteiger partial charge in [-0.1, -0.05) is 0 Å². The normalized spacial score (nSPS) is 10.8. The Labute approximate surface area is 97.2 Å². The summed E-state index contributed by atoms with van der Waals surface area (Å²) in [7, 11) is 0. The number of hydrogen-bond donors (Lipinski definition) is 1. The number of rotatable bonds is 3. The minimum Gasteiger partial charge on any atom is -0.498 e. The number of aromatic nitrogens is 1. The second-order valence-electron chi connectivity index (χ2n) is 2.93. The van der Waals surface area contributed by atoms with Crippen LogP contribution in [-0.4, -0.2) is 21.4 Å². The van der Waals surface area contributed by atoms with Gasteiger partial charge in [0.25, 0.3) is 11.6 Å². The fourth-order valence-corrected chi connectivity index (χ4v) is 1.11. The fraction of sp³-hybridized carbons (Fsp3) is 0.250. The summed E-state index contributed by atoms with van der Waals surface area (Å²) >= 11 is 0. The molecule has 1 aromatic heterocycles. The third kappa shape index (κ3) is 2.97. The van der Waals surface area contributed by atoms with E-state index in [4.69, 9.17) is 5.26 Å². The van der Waals surface area contributed by atoms with E-state index in [2.05, 4.69) is 9.72 Å². The van der Waals surface area contributed by atoms with E-state index in [0.717, 1.165) is 0 Å². The lowest BCUT2D eigenvalue weighted by Crippen LogP contribution is -2.18. The predicted molar refractivity (Wildman–Crippen MR) is 48.6 cm³/mol. The van der Waals surface area contributed by atoms with Gasteiger partial charge in [-0.25, -0.2) is 4.98 Å². The van der Waals surface area contributed by atoms with Crippen molar-refractivity contribution in [3.05, 3.63) is 21.9 Å². The molecule has 0 bridgehead atoms. The van der Waals surface area contributed by atoms with E-state index in [1.807, 2.05) is 0 Å². The van der Waals surface area contributed by atoms with Crippen molar-refractivity contribution in [1.29, 1.82) is 5.26 Å². The summed E-state index contributed by atoms with van der Waals surface area (Å²) in [6.07, 6.45) is -4.96. The topological polar surface area (TPSA) is 109 Å². The van der Waals surface area contributed by atoms with Gasteiger partial charge in [0.2, 0.25) is 0 Å². The first-order chi connectivity index (χ1) is 8.26. The SMILES string of the molecule is N#CCc1cnc(OC(F)(F)F)c(O)c1[N+](=O)[O-]. The molecule has 0 amide bonds. The molecule has 1 aromatic rings. The number of nitriles is 1. The Morgan fingerprint density at radius 2 is 2.22 bits per heavy atom. The minimum atomic E-state index is -5.14. The largest absolute Gasteiger partial charge is 0.574 e.